The summed E-state index contributed by atoms with van der Waals surface area (Å²) in [4.78, 5) is 4.80. The summed E-state index contributed by atoms with van der Waals surface area (Å²) in [5.41, 5.74) is 4.43. The van der Waals surface area contributed by atoms with Crippen molar-refractivity contribution in [2.45, 2.75) is 55.5 Å². The van der Waals surface area contributed by atoms with Gasteiger partial charge in [-0.05, 0) is 66.3 Å². The molecule has 2 aromatic rings. The van der Waals surface area contributed by atoms with E-state index in [4.69, 9.17) is 18.9 Å². The van der Waals surface area contributed by atoms with Crippen LogP contribution in [0.2, 0.25) is 0 Å². The van der Waals surface area contributed by atoms with Gasteiger partial charge in [-0.2, -0.15) is 5.26 Å². The Labute approximate surface area is 205 Å². The van der Waals surface area contributed by atoms with Crippen molar-refractivity contribution in [3.63, 3.8) is 0 Å². The summed E-state index contributed by atoms with van der Waals surface area (Å²) in [6.07, 6.45) is 1.62. The van der Waals surface area contributed by atoms with E-state index in [2.05, 4.69) is 34.9 Å². The third-order valence-corrected chi connectivity index (χ3v) is 8.82. The molecule has 2 aromatic carbocycles. The third-order valence-electron chi connectivity index (χ3n) is 8.82. The number of aliphatic hydroxyl groups is 1. The van der Waals surface area contributed by atoms with Crippen LogP contribution in [-0.4, -0.2) is 68.1 Å². The van der Waals surface area contributed by atoms with Crippen molar-refractivity contribution in [2.24, 2.45) is 0 Å². The number of piperazine rings is 1. The molecule has 0 spiro atoms. The minimum atomic E-state index is -0.319. The van der Waals surface area contributed by atoms with Crippen LogP contribution in [0, 0.1) is 11.3 Å². The molecule has 4 aliphatic heterocycles. The number of aliphatic hydroxyl groups excluding tert-OH is 1. The maximum atomic E-state index is 10.6. The predicted molar refractivity (Wildman–Crippen MR) is 128 cm³/mol. The van der Waals surface area contributed by atoms with Crippen LogP contribution in [0.4, 0.5) is 0 Å². The molecule has 6 rings (SSSR count). The van der Waals surface area contributed by atoms with Gasteiger partial charge < -0.3 is 24.1 Å². The monoisotopic (exact) mass is 477 g/mol. The van der Waals surface area contributed by atoms with Crippen molar-refractivity contribution in [3.8, 4) is 29.1 Å². The summed E-state index contributed by atoms with van der Waals surface area (Å²) < 4.78 is 22.5. The Morgan fingerprint density at radius 1 is 0.943 bits per heavy atom. The Morgan fingerprint density at radius 3 is 2.14 bits per heavy atom. The topological polar surface area (TPSA) is 87.4 Å². The Kier molecular flexibility index (Phi) is 4.98. The summed E-state index contributed by atoms with van der Waals surface area (Å²) >= 11 is 0. The highest BCUT2D eigenvalue weighted by Gasteiger charge is 2.67. The van der Waals surface area contributed by atoms with Gasteiger partial charge in [0.15, 0.2) is 23.0 Å². The van der Waals surface area contributed by atoms with Crippen LogP contribution in [0.1, 0.15) is 47.7 Å². The fraction of sp³-hybridized carbons (Fsp3) is 0.519. The SMILES string of the molecule is COc1cc2c(cc1OC)C(CO)N1C(C#N)C3CC4(C)c5cc(OC)c(OC)cc5C(C1C2)N34. The first-order valence-corrected chi connectivity index (χ1v) is 12.0. The zero-order chi connectivity index (χ0) is 24.6. The van der Waals surface area contributed by atoms with E-state index in [1.165, 1.54) is 11.1 Å². The summed E-state index contributed by atoms with van der Waals surface area (Å²) in [5.74, 6) is 2.75. The molecule has 2 saturated heterocycles. The van der Waals surface area contributed by atoms with Crippen LogP contribution in [0.5, 0.6) is 23.0 Å². The van der Waals surface area contributed by atoms with Crippen molar-refractivity contribution in [2.75, 3.05) is 35.0 Å². The minimum absolute atomic E-state index is 0.0117. The number of nitriles is 1. The van der Waals surface area contributed by atoms with E-state index in [1.54, 1.807) is 28.4 Å². The number of hydrogen-bond donors (Lipinski definition) is 1. The van der Waals surface area contributed by atoms with Gasteiger partial charge in [-0.3, -0.25) is 9.80 Å². The van der Waals surface area contributed by atoms with Gasteiger partial charge in [0.1, 0.15) is 6.04 Å². The first-order valence-electron chi connectivity index (χ1n) is 12.0. The number of nitrogens with zero attached hydrogens (tertiary/aromatic N) is 3. The van der Waals surface area contributed by atoms with E-state index in [9.17, 15) is 10.4 Å². The van der Waals surface area contributed by atoms with Gasteiger partial charge in [-0.25, -0.2) is 0 Å². The van der Waals surface area contributed by atoms with Gasteiger partial charge >= 0.3 is 0 Å². The average molecular weight is 478 g/mol. The Morgan fingerprint density at radius 2 is 1.54 bits per heavy atom. The fourth-order valence-electron chi connectivity index (χ4n) is 7.40. The molecule has 0 amide bonds. The number of ether oxygens (including phenoxy) is 4. The first kappa shape index (κ1) is 22.5. The minimum Gasteiger partial charge on any atom is -0.493 e. The second kappa shape index (κ2) is 7.76. The molecule has 0 bridgehead atoms. The molecule has 6 atom stereocenters. The van der Waals surface area contributed by atoms with Gasteiger partial charge in [0.2, 0.25) is 0 Å². The Hall–Kier alpha value is -2.99. The quantitative estimate of drug-likeness (QED) is 0.704. The highest BCUT2D eigenvalue weighted by molar-refractivity contribution is 5.57. The molecular weight excluding hydrogens is 446 g/mol. The van der Waals surface area contributed by atoms with E-state index in [-0.39, 0.29) is 42.4 Å². The highest BCUT2D eigenvalue weighted by Crippen LogP contribution is 2.65. The van der Waals surface area contributed by atoms with E-state index in [0.717, 1.165) is 29.7 Å². The molecule has 0 saturated carbocycles. The third kappa shape index (κ3) is 2.72. The lowest BCUT2D eigenvalue weighted by Crippen LogP contribution is -2.74. The van der Waals surface area contributed by atoms with Crippen LogP contribution in [0.15, 0.2) is 24.3 Å². The van der Waals surface area contributed by atoms with Crippen molar-refractivity contribution in [3.05, 3.63) is 46.5 Å². The van der Waals surface area contributed by atoms with Crippen LogP contribution in [0.3, 0.4) is 0 Å². The van der Waals surface area contributed by atoms with Gasteiger partial charge in [-0.1, -0.05) is 0 Å². The van der Waals surface area contributed by atoms with E-state index < -0.39 is 0 Å². The molecule has 8 heteroatoms. The molecule has 184 valence electrons. The molecule has 2 fully saturated rings. The molecule has 1 N–H and O–H groups in total. The van der Waals surface area contributed by atoms with Gasteiger partial charge in [0.25, 0.3) is 0 Å². The van der Waals surface area contributed by atoms with Gasteiger partial charge in [0.05, 0.1) is 53.2 Å². The predicted octanol–water partition coefficient (Wildman–Crippen LogP) is 2.93. The zero-order valence-electron chi connectivity index (χ0n) is 20.7. The zero-order valence-corrected chi connectivity index (χ0v) is 20.7. The van der Waals surface area contributed by atoms with Gasteiger partial charge in [0, 0.05) is 17.6 Å². The number of fused-ring (bicyclic) bond motifs is 6. The number of rotatable bonds is 5. The Bertz CT molecular complexity index is 1240. The lowest BCUT2D eigenvalue weighted by atomic mass is 9.71. The molecule has 0 aliphatic carbocycles. The Balaban J connectivity index is 1.54. The highest BCUT2D eigenvalue weighted by atomic mass is 16.5. The first-order chi connectivity index (χ1) is 16.9. The second-order valence-electron chi connectivity index (χ2n) is 10.1. The molecule has 35 heavy (non-hydrogen) atoms. The van der Waals surface area contributed by atoms with E-state index in [0.29, 0.717) is 17.2 Å². The maximum absolute atomic E-state index is 10.6. The lowest BCUT2D eigenvalue weighted by molar-refractivity contribution is -0.182. The summed E-state index contributed by atoms with van der Waals surface area (Å²) in [6, 6.07) is 10.4. The standard InChI is InChI=1S/C27H31N3O5/c1-27-11-19-20(12-28)29-18(6-14-7-22(32-2)23(33-3)8-15(14)21(29)13-31)26(30(19)27)16-9-24(34-4)25(35-5)10-17(16)27/h7-10,18-21,26,31H,6,11,13H2,1-5H3. The number of benzene rings is 2. The van der Waals surface area contributed by atoms with Crippen molar-refractivity contribution < 1.29 is 24.1 Å². The average Bonchev–Trinajstić information content (AvgIpc) is 3.09. The number of methoxy groups -OCH3 is 4. The lowest BCUT2D eigenvalue weighted by Gasteiger charge is -2.65. The van der Waals surface area contributed by atoms with Crippen LogP contribution in [0.25, 0.3) is 0 Å². The molecule has 0 aromatic heterocycles. The van der Waals surface area contributed by atoms with E-state index in [1.807, 2.05) is 12.1 Å². The molecule has 0 radical (unpaired) electrons. The van der Waals surface area contributed by atoms with Crippen molar-refractivity contribution in [1.82, 2.24) is 9.80 Å². The van der Waals surface area contributed by atoms with Crippen molar-refractivity contribution in [1.29, 1.82) is 5.26 Å². The molecule has 8 nitrogen and oxygen atoms in total. The molecule has 6 unspecified atom stereocenters. The summed E-state index contributed by atoms with van der Waals surface area (Å²) in [5, 5.41) is 21.0. The largest absolute Gasteiger partial charge is 0.493 e. The van der Waals surface area contributed by atoms with Crippen LogP contribution < -0.4 is 18.9 Å². The smallest absolute Gasteiger partial charge is 0.161 e. The van der Waals surface area contributed by atoms with E-state index >= 15 is 0 Å². The van der Waals surface area contributed by atoms with Gasteiger partial charge in [-0.15, -0.1) is 0 Å². The normalized spacial score (nSPS) is 32.3. The molecule has 4 aliphatic rings. The molecular formula is C27H31N3O5. The number of hydrogen-bond acceptors (Lipinski definition) is 8. The maximum Gasteiger partial charge on any atom is 0.161 e. The molecule has 4 heterocycles. The second-order valence-corrected chi connectivity index (χ2v) is 10.1. The van der Waals surface area contributed by atoms with Crippen molar-refractivity contribution >= 4 is 0 Å². The van der Waals surface area contributed by atoms with Crippen LogP contribution in [-0.2, 0) is 12.0 Å². The summed E-state index contributed by atoms with van der Waals surface area (Å²) in [6.45, 7) is 2.19. The summed E-state index contributed by atoms with van der Waals surface area (Å²) in [7, 11) is 6.58. The van der Waals surface area contributed by atoms with Crippen LogP contribution >= 0.6 is 0 Å². The fourth-order valence-corrected chi connectivity index (χ4v) is 7.40.